The molecule has 3 rings (SSSR count). The van der Waals surface area contributed by atoms with Gasteiger partial charge in [-0.25, -0.2) is 9.48 Å². The Morgan fingerprint density at radius 1 is 1.04 bits per heavy atom. The Morgan fingerprint density at radius 3 is 2.27 bits per heavy atom. The van der Waals surface area contributed by atoms with Crippen LogP contribution in [0.3, 0.4) is 0 Å². The normalized spacial score (nSPS) is 11.8. The summed E-state index contributed by atoms with van der Waals surface area (Å²) < 4.78 is 6.78. The fraction of sp³-hybridized carbons (Fsp3) is 0.211. The van der Waals surface area contributed by atoms with Crippen LogP contribution >= 0.6 is 0 Å². The van der Waals surface area contributed by atoms with Crippen LogP contribution in [0.5, 0.6) is 0 Å². The van der Waals surface area contributed by atoms with Crippen LogP contribution in [0, 0.1) is 0 Å². The molecule has 1 heterocycles. The maximum atomic E-state index is 12.4. The third-order valence-electron chi connectivity index (χ3n) is 4.02. The van der Waals surface area contributed by atoms with Gasteiger partial charge in [-0.15, -0.1) is 5.10 Å². The smallest absolute Gasteiger partial charge is 0.338 e. The summed E-state index contributed by atoms with van der Waals surface area (Å²) in [5.74, 6) is -0.786. The van der Waals surface area contributed by atoms with Crippen molar-refractivity contribution in [2.24, 2.45) is 0 Å². The van der Waals surface area contributed by atoms with Crippen LogP contribution in [-0.2, 0) is 11.2 Å². The van der Waals surface area contributed by atoms with Gasteiger partial charge in [-0.3, -0.25) is 4.79 Å². The van der Waals surface area contributed by atoms with Gasteiger partial charge in [-0.2, -0.15) is 0 Å². The minimum Gasteiger partial charge on any atom is -0.451 e. The molecule has 0 amide bonds. The highest BCUT2D eigenvalue weighted by Gasteiger charge is 2.20. The number of aromatic nitrogens is 4. The molecule has 0 saturated heterocycles. The molecule has 0 spiro atoms. The number of tetrazole rings is 1. The van der Waals surface area contributed by atoms with Gasteiger partial charge >= 0.3 is 5.97 Å². The first-order valence-corrected chi connectivity index (χ1v) is 8.26. The summed E-state index contributed by atoms with van der Waals surface area (Å²) in [5.41, 5.74) is 2.74. The van der Waals surface area contributed by atoms with Crippen molar-refractivity contribution in [1.29, 1.82) is 0 Å². The van der Waals surface area contributed by atoms with Crippen molar-refractivity contribution < 1.29 is 14.3 Å². The molecule has 0 aliphatic heterocycles. The lowest BCUT2D eigenvalue weighted by Crippen LogP contribution is -2.24. The largest absolute Gasteiger partial charge is 0.451 e. The highest BCUT2D eigenvalue weighted by atomic mass is 16.5. The predicted octanol–water partition coefficient (Wildman–Crippen LogP) is 2.65. The number of esters is 1. The first-order chi connectivity index (χ1) is 12.6. The van der Waals surface area contributed by atoms with E-state index in [1.807, 2.05) is 19.1 Å². The zero-order chi connectivity index (χ0) is 18.5. The highest BCUT2D eigenvalue weighted by molar-refractivity contribution is 6.01. The van der Waals surface area contributed by atoms with E-state index in [1.165, 1.54) is 11.0 Å². The molecule has 0 aliphatic carbocycles. The van der Waals surface area contributed by atoms with Crippen LogP contribution in [0.4, 0.5) is 0 Å². The minimum absolute atomic E-state index is 0.230. The van der Waals surface area contributed by atoms with Crippen molar-refractivity contribution in [3.63, 3.8) is 0 Å². The summed E-state index contributed by atoms with van der Waals surface area (Å²) >= 11 is 0. The zero-order valence-electron chi connectivity index (χ0n) is 14.5. The fourth-order valence-electron chi connectivity index (χ4n) is 2.45. The summed E-state index contributed by atoms with van der Waals surface area (Å²) in [6.45, 7) is 3.62. The van der Waals surface area contributed by atoms with E-state index in [4.69, 9.17) is 4.74 Å². The topological polar surface area (TPSA) is 87.0 Å². The molecule has 3 aromatic rings. The average Bonchev–Trinajstić information content (AvgIpc) is 3.22. The Bertz CT molecular complexity index is 888. The minimum atomic E-state index is -0.867. The lowest BCUT2D eigenvalue weighted by Gasteiger charge is -2.13. The van der Waals surface area contributed by atoms with E-state index < -0.39 is 12.1 Å². The Hall–Kier alpha value is -3.35. The van der Waals surface area contributed by atoms with Gasteiger partial charge in [0.05, 0.1) is 11.3 Å². The molecule has 0 saturated carbocycles. The molecule has 2 aromatic carbocycles. The van der Waals surface area contributed by atoms with E-state index in [-0.39, 0.29) is 5.78 Å². The molecule has 0 bridgehead atoms. The number of aryl methyl sites for hydroxylation is 1. The van der Waals surface area contributed by atoms with Crippen LogP contribution in [0.25, 0.3) is 5.69 Å². The lowest BCUT2D eigenvalue weighted by atomic mass is 10.0. The number of ketones is 1. The van der Waals surface area contributed by atoms with E-state index in [1.54, 1.807) is 43.3 Å². The molecular formula is C19H18N4O3. The van der Waals surface area contributed by atoms with E-state index in [2.05, 4.69) is 15.5 Å². The number of nitrogens with zero attached hydrogens (tertiary/aromatic N) is 4. The zero-order valence-corrected chi connectivity index (χ0v) is 14.5. The number of benzene rings is 2. The Morgan fingerprint density at radius 2 is 1.69 bits per heavy atom. The van der Waals surface area contributed by atoms with Gasteiger partial charge in [-0.1, -0.05) is 31.2 Å². The Kier molecular flexibility index (Phi) is 5.17. The fourth-order valence-corrected chi connectivity index (χ4v) is 2.45. The van der Waals surface area contributed by atoms with Crippen LogP contribution in [-0.4, -0.2) is 38.1 Å². The van der Waals surface area contributed by atoms with Crippen molar-refractivity contribution >= 4 is 11.8 Å². The second-order valence-corrected chi connectivity index (χ2v) is 5.76. The number of carbonyl (C=O) groups excluding carboxylic acids is 2. The van der Waals surface area contributed by atoms with Crippen LogP contribution < -0.4 is 0 Å². The number of ether oxygens (including phenoxy) is 1. The molecule has 0 fully saturated rings. The molecule has 132 valence electrons. The molecule has 7 heteroatoms. The predicted molar refractivity (Wildman–Crippen MR) is 94.2 cm³/mol. The number of Topliss-reactive ketones (excluding diaryl/α,β-unsaturated/α-hetero) is 1. The lowest BCUT2D eigenvalue weighted by molar-refractivity contribution is 0.0319. The molecule has 0 unspecified atom stereocenters. The van der Waals surface area contributed by atoms with Crippen LogP contribution in [0.2, 0.25) is 0 Å². The Labute approximate surface area is 150 Å². The third kappa shape index (κ3) is 3.83. The number of hydrogen-bond acceptors (Lipinski definition) is 6. The highest BCUT2D eigenvalue weighted by Crippen LogP contribution is 2.13. The summed E-state index contributed by atoms with van der Waals surface area (Å²) in [5, 5.41) is 10.9. The van der Waals surface area contributed by atoms with Crippen molar-refractivity contribution in [3.8, 4) is 5.69 Å². The van der Waals surface area contributed by atoms with Crippen molar-refractivity contribution in [1.82, 2.24) is 20.2 Å². The quantitative estimate of drug-likeness (QED) is 0.502. The maximum absolute atomic E-state index is 12.4. The first-order valence-electron chi connectivity index (χ1n) is 8.26. The first kappa shape index (κ1) is 17.5. The molecule has 0 radical (unpaired) electrons. The molecule has 0 aliphatic rings. The third-order valence-corrected chi connectivity index (χ3v) is 4.02. The number of hydrogen-bond donors (Lipinski definition) is 0. The molecule has 0 N–H and O–H groups in total. The number of rotatable bonds is 6. The second kappa shape index (κ2) is 7.69. The molecule has 7 nitrogen and oxygen atoms in total. The van der Waals surface area contributed by atoms with E-state index >= 15 is 0 Å². The Balaban J connectivity index is 1.65. The molecule has 1 atom stereocenters. The summed E-state index contributed by atoms with van der Waals surface area (Å²) in [7, 11) is 0. The average molecular weight is 350 g/mol. The van der Waals surface area contributed by atoms with Gasteiger partial charge in [0.15, 0.2) is 6.10 Å². The summed E-state index contributed by atoms with van der Waals surface area (Å²) in [6.07, 6.45) is 1.49. The summed E-state index contributed by atoms with van der Waals surface area (Å²) in [6, 6.07) is 13.9. The second-order valence-electron chi connectivity index (χ2n) is 5.76. The van der Waals surface area contributed by atoms with Crippen molar-refractivity contribution in [2.75, 3.05) is 0 Å². The van der Waals surface area contributed by atoms with Gasteiger partial charge in [0.25, 0.3) is 0 Å². The van der Waals surface area contributed by atoms with Crippen molar-refractivity contribution in [3.05, 3.63) is 71.5 Å². The van der Waals surface area contributed by atoms with Gasteiger partial charge < -0.3 is 4.74 Å². The van der Waals surface area contributed by atoms with E-state index in [0.717, 1.165) is 12.0 Å². The van der Waals surface area contributed by atoms with E-state index in [9.17, 15) is 9.59 Å². The van der Waals surface area contributed by atoms with Gasteiger partial charge in [0, 0.05) is 5.56 Å². The number of carbonyl (C=O) groups is 2. The van der Waals surface area contributed by atoms with E-state index in [0.29, 0.717) is 16.8 Å². The molecule has 26 heavy (non-hydrogen) atoms. The van der Waals surface area contributed by atoms with Gasteiger partial charge in [0.2, 0.25) is 5.78 Å². The SMILES string of the molecule is CCc1ccc(C(=O)[C@@H](C)OC(=O)c2ccc(-n3cnnn3)cc2)cc1. The van der Waals surface area contributed by atoms with Gasteiger partial charge in [0.1, 0.15) is 6.33 Å². The standard InChI is InChI=1S/C19H18N4O3/c1-3-14-4-6-15(7-5-14)18(24)13(2)26-19(25)16-8-10-17(11-9-16)23-12-20-21-22-23/h4-13H,3H2,1-2H3/t13-/m1/s1. The molecular weight excluding hydrogens is 332 g/mol. The summed E-state index contributed by atoms with van der Waals surface area (Å²) in [4.78, 5) is 24.7. The maximum Gasteiger partial charge on any atom is 0.338 e. The van der Waals surface area contributed by atoms with Crippen molar-refractivity contribution in [2.45, 2.75) is 26.4 Å². The van der Waals surface area contributed by atoms with Crippen LogP contribution in [0.1, 0.15) is 40.1 Å². The molecule has 1 aromatic heterocycles. The monoisotopic (exact) mass is 350 g/mol. The van der Waals surface area contributed by atoms with Gasteiger partial charge in [-0.05, 0) is 53.6 Å². The van der Waals surface area contributed by atoms with Crippen LogP contribution in [0.15, 0.2) is 54.9 Å².